The Kier molecular flexibility index (Phi) is 8.28. The second-order valence-corrected chi connectivity index (χ2v) is 8.86. The molecule has 0 aliphatic heterocycles. The Morgan fingerprint density at radius 2 is 1.65 bits per heavy atom. The van der Waals surface area contributed by atoms with Crippen molar-refractivity contribution < 1.29 is 29.3 Å². The van der Waals surface area contributed by atoms with Crippen molar-refractivity contribution in [3.63, 3.8) is 0 Å². The Bertz CT molecular complexity index is 994. The minimum Gasteiger partial charge on any atom is -0.479 e. The number of alkyl carbamates (subject to hydrolysis) is 1. The molecule has 0 saturated carbocycles. The Hall–Kier alpha value is -3.39. The van der Waals surface area contributed by atoms with E-state index in [9.17, 15) is 24.6 Å². The second kappa shape index (κ2) is 11.2. The van der Waals surface area contributed by atoms with E-state index in [0.717, 1.165) is 35.1 Å². The zero-order chi connectivity index (χ0) is 24.7. The number of benzene rings is 2. The molecular formula is C26H32N2O6. The number of fused-ring (bicyclic) bond motifs is 3. The van der Waals surface area contributed by atoms with Crippen molar-refractivity contribution in [2.45, 2.75) is 57.0 Å². The number of aliphatic carboxylic acids is 1. The fourth-order valence-electron chi connectivity index (χ4n) is 4.23. The standard InChI is InChI=1S/C26H32N2O6/c1-3-4-9-17(14-23(30)28-26(2,16-29)24(31)32)27-25(33)34-15-22-20-12-7-5-10-18(20)19-11-6-8-13-21(19)22/h5-8,10-13,17,22,29H,3-4,9,14-16H2,1-2H3,(H,27,33)(H,28,30)(H,31,32). The normalized spacial score (nSPS) is 14.9. The van der Waals surface area contributed by atoms with Gasteiger partial charge in [0, 0.05) is 18.4 Å². The van der Waals surface area contributed by atoms with Gasteiger partial charge >= 0.3 is 12.1 Å². The monoisotopic (exact) mass is 468 g/mol. The molecule has 4 N–H and O–H groups in total. The largest absolute Gasteiger partial charge is 0.479 e. The fourth-order valence-corrected chi connectivity index (χ4v) is 4.23. The second-order valence-electron chi connectivity index (χ2n) is 8.86. The maximum absolute atomic E-state index is 12.6. The maximum Gasteiger partial charge on any atom is 0.407 e. The van der Waals surface area contributed by atoms with Gasteiger partial charge in [0.2, 0.25) is 5.91 Å². The number of ether oxygens (including phenoxy) is 1. The van der Waals surface area contributed by atoms with E-state index >= 15 is 0 Å². The van der Waals surface area contributed by atoms with E-state index in [0.29, 0.717) is 6.42 Å². The summed E-state index contributed by atoms with van der Waals surface area (Å²) in [6.45, 7) is 2.65. The average molecular weight is 469 g/mol. The van der Waals surface area contributed by atoms with Gasteiger partial charge in [0.05, 0.1) is 6.61 Å². The lowest BCUT2D eigenvalue weighted by atomic mass is 9.98. The molecule has 0 radical (unpaired) electrons. The van der Waals surface area contributed by atoms with Gasteiger partial charge in [0.15, 0.2) is 5.54 Å². The van der Waals surface area contributed by atoms with Crippen molar-refractivity contribution in [2.24, 2.45) is 0 Å². The van der Waals surface area contributed by atoms with Crippen molar-refractivity contribution in [3.8, 4) is 11.1 Å². The van der Waals surface area contributed by atoms with Crippen LogP contribution in [0.15, 0.2) is 48.5 Å². The van der Waals surface area contributed by atoms with Crippen LogP contribution in [0.25, 0.3) is 11.1 Å². The highest BCUT2D eigenvalue weighted by atomic mass is 16.5. The molecule has 0 aromatic heterocycles. The van der Waals surface area contributed by atoms with Crippen LogP contribution in [0.3, 0.4) is 0 Å². The Labute approximate surface area is 199 Å². The molecule has 8 nitrogen and oxygen atoms in total. The van der Waals surface area contributed by atoms with E-state index in [1.165, 1.54) is 6.92 Å². The molecule has 0 saturated heterocycles. The summed E-state index contributed by atoms with van der Waals surface area (Å²) in [5.74, 6) is -1.98. The summed E-state index contributed by atoms with van der Waals surface area (Å²) < 4.78 is 5.58. The number of unbranched alkanes of at least 4 members (excludes halogenated alkanes) is 1. The van der Waals surface area contributed by atoms with E-state index in [-0.39, 0.29) is 18.9 Å². The minimum absolute atomic E-state index is 0.0728. The number of hydrogen-bond donors (Lipinski definition) is 4. The van der Waals surface area contributed by atoms with Crippen molar-refractivity contribution >= 4 is 18.0 Å². The summed E-state index contributed by atoms with van der Waals surface area (Å²) in [6.07, 6.45) is 1.44. The van der Waals surface area contributed by atoms with Crippen LogP contribution in [0.1, 0.15) is 56.6 Å². The Balaban J connectivity index is 1.62. The highest BCUT2D eigenvalue weighted by Crippen LogP contribution is 2.44. The topological polar surface area (TPSA) is 125 Å². The molecule has 8 heteroatoms. The van der Waals surface area contributed by atoms with Crippen LogP contribution in [0.5, 0.6) is 0 Å². The van der Waals surface area contributed by atoms with Gasteiger partial charge in [-0.25, -0.2) is 9.59 Å². The third-order valence-corrected chi connectivity index (χ3v) is 6.21. The molecule has 2 aromatic carbocycles. The number of carbonyl (C=O) groups is 3. The molecule has 2 unspecified atom stereocenters. The molecule has 34 heavy (non-hydrogen) atoms. The summed E-state index contributed by atoms with van der Waals surface area (Å²) >= 11 is 0. The molecule has 1 aliphatic rings. The van der Waals surface area contributed by atoms with Gasteiger partial charge in [-0.3, -0.25) is 4.79 Å². The first-order valence-electron chi connectivity index (χ1n) is 11.6. The highest BCUT2D eigenvalue weighted by molar-refractivity contribution is 5.87. The number of rotatable bonds is 11. The number of carboxylic acids is 1. The van der Waals surface area contributed by atoms with Gasteiger partial charge in [-0.05, 0) is 35.6 Å². The van der Waals surface area contributed by atoms with Gasteiger partial charge in [0.25, 0.3) is 0 Å². The van der Waals surface area contributed by atoms with Gasteiger partial charge in [0.1, 0.15) is 6.61 Å². The predicted molar refractivity (Wildman–Crippen MR) is 127 cm³/mol. The number of aliphatic hydroxyl groups is 1. The summed E-state index contributed by atoms with van der Waals surface area (Å²) in [5, 5.41) is 23.7. The molecule has 2 atom stereocenters. The summed E-state index contributed by atoms with van der Waals surface area (Å²) in [7, 11) is 0. The van der Waals surface area contributed by atoms with Gasteiger partial charge in [-0.15, -0.1) is 0 Å². The van der Waals surface area contributed by atoms with Crippen molar-refractivity contribution in [2.75, 3.05) is 13.2 Å². The van der Waals surface area contributed by atoms with E-state index < -0.39 is 36.2 Å². The maximum atomic E-state index is 12.6. The number of nitrogens with one attached hydrogen (secondary N) is 2. The molecule has 3 rings (SSSR count). The average Bonchev–Trinajstić information content (AvgIpc) is 3.14. The molecule has 1 aliphatic carbocycles. The molecule has 182 valence electrons. The van der Waals surface area contributed by atoms with Gasteiger partial charge in [-0.1, -0.05) is 68.3 Å². The van der Waals surface area contributed by atoms with Crippen LogP contribution in [0.4, 0.5) is 4.79 Å². The number of aliphatic hydroxyl groups excluding tert-OH is 1. The molecular weight excluding hydrogens is 436 g/mol. The highest BCUT2D eigenvalue weighted by Gasteiger charge is 2.35. The van der Waals surface area contributed by atoms with E-state index in [2.05, 4.69) is 22.8 Å². The summed E-state index contributed by atoms with van der Waals surface area (Å²) in [6, 6.07) is 15.6. The minimum atomic E-state index is -1.78. The third kappa shape index (κ3) is 5.75. The zero-order valence-electron chi connectivity index (χ0n) is 19.5. The van der Waals surface area contributed by atoms with Crippen LogP contribution in [0.2, 0.25) is 0 Å². The van der Waals surface area contributed by atoms with Crippen LogP contribution in [-0.4, -0.2) is 53.0 Å². The number of carboxylic acid groups (broad SMARTS) is 1. The van der Waals surface area contributed by atoms with Crippen LogP contribution < -0.4 is 10.6 Å². The molecule has 0 bridgehead atoms. The molecule has 0 fully saturated rings. The zero-order valence-corrected chi connectivity index (χ0v) is 19.5. The lowest BCUT2D eigenvalue weighted by Crippen LogP contribution is -2.56. The smallest absolute Gasteiger partial charge is 0.407 e. The van der Waals surface area contributed by atoms with Gasteiger partial charge in [-0.2, -0.15) is 0 Å². The third-order valence-electron chi connectivity index (χ3n) is 6.21. The van der Waals surface area contributed by atoms with E-state index in [4.69, 9.17) is 4.74 Å². The SMILES string of the molecule is CCCCC(CC(=O)NC(C)(CO)C(=O)O)NC(=O)OCC1c2ccccc2-c2ccccc21. The first-order chi connectivity index (χ1) is 16.3. The number of amides is 2. The quantitative estimate of drug-likeness (QED) is 0.400. The van der Waals surface area contributed by atoms with Crippen LogP contribution in [-0.2, 0) is 14.3 Å². The molecule has 0 spiro atoms. The Morgan fingerprint density at radius 3 is 2.18 bits per heavy atom. The lowest BCUT2D eigenvalue weighted by Gasteiger charge is -2.25. The fraction of sp³-hybridized carbons (Fsp3) is 0.423. The van der Waals surface area contributed by atoms with E-state index in [1.807, 2.05) is 43.3 Å². The first-order valence-corrected chi connectivity index (χ1v) is 11.6. The summed E-state index contributed by atoms with van der Waals surface area (Å²) in [4.78, 5) is 36.4. The molecule has 2 amide bonds. The molecule has 2 aromatic rings. The van der Waals surface area contributed by atoms with Crippen LogP contribution >= 0.6 is 0 Å². The predicted octanol–water partition coefficient (Wildman–Crippen LogP) is 3.43. The Morgan fingerprint density at radius 1 is 1.06 bits per heavy atom. The lowest BCUT2D eigenvalue weighted by molar-refractivity contribution is -0.148. The summed E-state index contributed by atoms with van der Waals surface area (Å²) in [5.41, 5.74) is 2.70. The first kappa shape index (κ1) is 25.2. The van der Waals surface area contributed by atoms with Gasteiger partial charge < -0.3 is 25.6 Å². The number of carbonyl (C=O) groups excluding carboxylic acids is 2. The van der Waals surface area contributed by atoms with Crippen molar-refractivity contribution in [1.29, 1.82) is 0 Å². The van der Waals surface area contributed by atoms with E-state index in [1.54, 1.807) is 0 Å². The van der Waals surface area contributed by atoms with Crippen molar-refractivity contribution in [1.82, 2.24) is 10.6 Å². The van der Waals surface area contributed by atoms with Crippen LogP contribution in [0, 0.1) is 0 Å². The molecule has 0 heterocycles. The van der Waals surface area contributed by atoms with Crippen molar-refractivity contribution in [3.05, 3.63) is 59.7 Å². The number of hydrogen-bond acceptors (Lipinski definition) is 5.